The molecule has 0 saturated carbocycles. The standard InChI is InChI=1S/C14H12N2/c1-11-9-13(12-5-3-2-4-6-12)10-14-7-8-15-16(11)14/h2-10H,1H3. The van der Waals surface area contributed by atoms with Crippen LogP contribution in [-0.2, 0) is 0 Å². The highest BCUT2D eigenvalue weighted by atomic mass is 15.2. The Kier molecular flexibility index (Phi) is 2.00. The summed E-state index contributed by atoms with van der Waals surface area (Å²) in [5.74, 6) is 0. The summed E-state index contributed by atoms with van der Waals surface area (Å²) < 4.78 is 1.95. The molecule has 3 rings (SSSR count). The molecule has 3 aromatic rings. The summed E-state index contributed by atoms with van der Waals surface area (Å²) >= 11 is 0. The van der Waals surface area contributed by atoms with Gasteiger partial charge in [-0.2, -0.15) is 5.10 Å². The van der Waals surface area contributed by atoms with E-state index in [4.69, 9.17) is 0 Å². The third kappa shape index (κ3) is 1.39. The van der Waals surface area contributed by atoms with Gasteiger partial charge in [0.1, 0.15) is 0 Å². The molecule has 0 aliphatic rings. The summed E-state index contributed by atoms with van der Waals surface area (Å²) in [6.45, 7) is 2.08. The van der Waals surface area contributed by atoms with Gasteiger partial charge in [0.05, 0.1) is 5.52 Å². The lowest BCUT2D eigenvalue weighted by atomic mass is 10.1. The minimum absolute atomic E-state index is 1.14. The average Bonchev–Trinajstić information content (AvgIpc) is 2.79. The van der Waals surface area contributed by atoms with E-state index in [-0.39, 0.29) is 0 Å². The average molecular weight is 208 g/mol. The highest BCUT2D eigenvalue weighted by Crippen LogP contribution is 2.22. The minimum Gasteiger partial charge on any atom is -0.238 e. The first-order valence-corrected chi connectivity index (χ1v) is 5.34. The van der Waals surface area contributed by atoms with Crippen molar-refractivity contribution in [3.63, 3.8) is 0 Å². The fourth-order valence-electron chi connectivity index (χ4n) is 2.00. The lowest BCUT2D eigenvalue weighted by molar-refractivity contribution is 0.915. The Balaban J connectivity index is 2.25. The Morgan fingerprint density at radius 2 is 1.75 bits per heavy atom. The fourth-order valence-corrected chi connectivity index (χ4v) is 2.00. The van der Waals surface area contributed by atoms with E-state index < -0.39 is 0 Å². The van der Waals surface area contributed by atoms with Gasteiger partial charge in [0.25, 0.3) is 0 Å². The van der Waals surface area contributed by atoms with Crippen LogP contribution in [0, 0.1) is 6.92 Å². The number of rotatable bonds is 1. The smallest absolute Gasteiger partial charge is 0.0670 e. The summed E-state index contributed by atoms with van der Waals surface area (Å²) in [5, 5.41) is 4.27. The number of hydrogen-bond acceptors (Lipinski definition) is 1. The summed E-state index contributed by atoms with van der Waals surface area (Å²) in [7, 11) is 0. The molecule has 0 N–H and O–H groups in total. The van der Waals surface area contributed by atoms with Gasteiger partial charge in [0.2, 0.25) is 0 Å². The highest BCUT2D eigenvalue weighted by molar-refractivity contribution is 5.69. The molecule has 2 nitrogen and oxygen atoms in total. The molecule has 0 atom stereocenters. The van der Waals surface area contributed by atoms with Gasteiger partial charge < -0.3 is 0 Å². The van der Waals surface area contributed by atoms with E-state index in [1.54, 1.807) is 0 Å². The summed E-state index contributed by atoms with van der Waals surface area (Å²) in [6, 6.07) is 16.8. The van der Waals surface area contributed by atoms with Crippen LogP contribution in [-0.4, -0.2) is 9.61 Å². The molecule has 2 heterocycles. The molecule has 1 aromatic carbocycles. The monoisotopic (exact) mass is 208 g/mol. The van der Waals surface area contributed by atoms with Crippen LogP contribution >= 0.6 is 0 Å². The van der Waals surface area contributed by atoms with Gasteiger partial charge in [0, 0.05) is 11.9 Å². The van der Waals surface area contributed by atoms with Crippen molar-refractivity contribution in [1.29, 1.82) is 0 Å². The number of fused-ring (bicyclic) bond motifs is 1. The lowest BCUT2D eigenvalue weighted by Crippen LogP contribution is -1.93. The first-order chi connectivity index (χ1) is 7.84. The van der Waals surface area contributed by atoms with E-state index in [1.807, 2.05) is 22.8 Å². The number of hydrogen-bond donors (Lipinski definition) is 0. The minimum atomic E-state index is 1.14. The molecule has 0 aliphatic carbocycles. The van der Waals surface area contributed by atoms with Crippen molar-refractivity contribution in [2.75, 3.05) is 0 Å². The van der Waals surface area contributed by atoms with Gasteiger partial charge in [-0.3, -0.25) is 0 Å². The molecule has 0 unspecified atom stereocenters. The zero-order valence-corrected chi connectivity index (χ0v) is 9.09. The number of aromatic nitrogens is 2. The number of aryl methyl sites for hydroxylation is 1. The Bertz CT molecular complexity index is 624. The topological polar surface area (TPSA) is 17.3 Å². The van der Waals surface area contributed by atoms with Gasteiger partial charge in [-0.05, 0) is 36.2 Å². The van der Waals surface area contributed by atoms with Crippen molar-refractivity contribution in [1.82, 2.24) is 9.61 Å². The maximum absolute atomic E-state index is 4.27. The van der Waals surface area contributed by atoms with E-state index in [0.29, 0.717) is 0 Å². The SMILES string of the molecule is Cc1cc(-c2ccccc2)cc2ccnn12. The van der Waals surface area contributed by atoms with Crippen molar-refractivity contribution in [2.45, 2.75) is 6.92 Å². The van der Waals surface area contributed by atoms with Crippen LogP contribution in [0.1, 0.15) is 5.69 Å². The second kappa shape index (κ2) is 3.49. The molecule has 0 fully saturated rings. The molecule has 0 aliphatic heterocycles. The van der Waals surface area contributed by atoms with E-state index in [0.717, 1.165) is 11.2 Å². The molecule has 0 saturated heterocycles. The molecule has 0 amide bonds. The molecule has 0 spiro atoms. The second-order valence-electron chi connectivity index (χ2n) is 3.92. The maximum atomic E-state index is 4.27. The first-order valence-electron chi connectivity index (χ1n) is 5.34. The van der Waals surface area contributed by atoms with E-state index in [9.17, 15) is 0 Å². The van der Waals surface area contributed by atoms with Crippen molar-refractivity contribution >= 4 is 5.52 Å². The lowest BCUT2D eigenvalue weighted by Gasteiger charge is -2.05. The Morgan fingerprint density at radius 1 is 0.938 bits per heavy atom. The van der Waals surface area contributed by atoms with E-state index in [2.05, 4.69) is 48.4 Å². The van der Waals surface area contributed by atoms with Crippen LogP contribution < -0.4 is 0 Å². The number of pyridine rings is 1. The number of nitrogens with zero attached hydrogens (tertiary/aromatic N) is 2. The van der Waals surface area contributed by atoms with Crippen LogP contribution in [0.25, 0.3) is 16.6 Å². The number of benzene rings is 1. The molecule has 0 radical (unpaired) electrons. The largest absolute Gasteiger partial charge is 0.238 e. The van der Waals surface area contributed by atoms with Crippen molar-refractivity contribution in [2.24, 2.45) is 0 Å². The van der Waals surface area contributed by atoms with Gasteiger partial charge >= 0.3 is 0 Å². The summed E-state index contributed by atoms with van der Waals surface area (Å²) in [4.78, 5) is 0. The first kappa shape index (κ1) is 9.16. The molecule has 2 aromatic heterocycles. The summed E-state index contributed by atoms with van der Waals surface area (Å²) in [6.07, 6.45) is 1.83. The van der Waals surface area contributed by atoms with E-state index in [1.165, 1.54) is 11.1 Å². The zero-order chi connectivity index (χ0) is 11.0. The van der Waals surface area contributed by atoms with E-state index >= 15 is 0 Å². The second-order valence-corrected chi connectivity index (χ2v) is 3.92. The molecule has 0 bridgehead atoms. The molecule has 16 heavy (non-hydrogen) atoms. The predicted molar refractivity (Wildman–Crippen MR) is 65.4 cm³/mol. The van der Waals surface area contributed by atoms with Crippen LogP contribution in [0.15, 0.2) is 54.7 Å². The van der Waals surface area contributed by atoms with Gasteiger partial charge in [0.15, 0.2) is 0 Å². The van der Waals surface area contributed by atoms with Crippen molar-refractivity contribution in [3.8, 4) is 11.1 Å². The predicted octanol–water partition coefficient (Wildman–Crippen LogP) is 3.31. The quantitative estimate of drug-likeness (QED) is 0.599. The maximum Gasteiger partial charge on any atom is 0.0670 e. The van der Waals surface area contributed by atoms with Gasteiger partial charge in [-0.25, -0.2) is 4.52 Å². The third-order valence-corrected chi connectivity index (χ3v) is 2.78. The Labute approximate surface area is 94.2 Å². The van der Waals surface area contributed by atoms with Gasteiger partial charge in [-0.15, -0.1) is 0 Å². The fraction of sp³-hybridized carbons (Fsp3) is 0.0714. The third-order valence-electron chi connectivity index (χ3n) is 2.78. The summed E-state index contributed by atoms with van der Waals surface area (Å²) in [5.41, 5.74) is 4.78. The van der Waals surface area contributed by atoms with Crippen LogP contribution in [0.3, 0.4) is 0 Å². The van der Waals surface area contributed by atoms with Crippen LogP contribution in [0.5, 0.6) is 0 Å². The Hall–Kier alpha value is -2.09. The highest BCUT2D eigenvalue weighted by Gasteiger charge is 2.02. The van der Waals surface area contributed by atoms with Crippen LogP contribution in [0.2, 0.25) is 0 Å². The molecule has 78 valence electrons. The van der Waals surface area contributed by atoms with Gasteiger partial charge in [-0.1, -0.05) is 30.3 Å². The molecular formula is C14H12N2. The molecule has 2 heteroatoms. The van der Waals surface area contributed by atoms with Crippen LogP contribution in [0.4, 0.5) is 0 Å². The van der Waals surface area contributed by atoms with Crippen molar-refractivity contribution in [3.05, 3.63) is 60.4 Å². The Morgan fingerprint density at radius 3 is 2.56 bits per heavy atom. The molecular weight excluding hydrogens is 196 g/mol. The van der Waals surface area contributed by atoms with Crippen molar-refractivity contribution < 1.29 is 0 Å². The normalized spacial score (nSPS) is 10.8. The zero-order valence-electron chi connectivity index (χ0n) is 9.09.